The Bertz CT molecular complexity index is 665. The third kappa shape index (κ3) is 5.96. The van der Waals surface area contributed by atoms with Crippen LogP contribution in [-0.2, 0) is 4.74 Å². The summed E-state index contributed by atoms with van der Waals surface area (Å²) in [6.07, 6.45) is 6.12. The first kappa shape index (κ1) is 19.1. The Morgan fingerprint density at radius 2 is 1.76 bits per heavy atom. The van der Waals surface area contributed by atoms with Crippen molar-refractivity contribution < 1.29 is 14.3 Å². The molecule has 0 bridgehead atoms. The minimum Gasteiger partial charge on any atom is -0.494 e. The quantitative estimate of drug-likeness (QED) is 0.588. The fourth-order valence-electron chi connectivity index (χ4n) is 2.53. The van der Waals surface area contributed by atoms with Crippen LogP contribution in [0.3, 0.4) is 0 Å². The SMILES string of the molecule is CCCCCCOc1ccc(-c2cccn2C(=O)OC(C)(C)C)cc1. The van der Waals surface area contributed by atoms with Crippen molar-refractivity contribution in [2.75, 3.05) is 6.61 Å². The van der Waals surface area contributed by atoms with Crippen LogP contribution < -0.4 is 4.74 Å². The molecule has 0 aliphatic carbocycles. The molecule has 2 rings (SSSR count). The van der Waals surface area contributed by atoms with Gasteiger partial charge in [0.1, 0.15) is 11.4 Å². The van der Waals surface area contributed by atoms with Crippen LogP contribution in [0, 0.1) is 0 Å². The first-order valence-electron chi connectivity index (χ1n) is 9.04. The van der Waals surface area contributed by atoms with Crippen molar-refractivity contribution in [3.63, 3.8) is 0 Å². The molecule has 25 heavy (non-hydrogen) atoms. The number of carbonyl (C=O) groups is 1. The molecule has 0 saturated carbocycles. The maximum Gasteiger partial charge on any atom is 0.418 e. The average Bonchev–Trinajstić information content (AvgIpc) is 3.03. The number of nitrogens with zero attached hydrogens (tertiary/aromatic N) is 1. The van der Waals surface area contributed by atoms with E-state index >= 15 is 0 Å². The summed E-state index contributed by atoms with van der Waals surface area (Å²) in [5, 5.41) is 0. The van der Waals surface area contributed by atoms with Gasteiger partial charge in [-0.3, -0.25) is 4.57 Å². The predicted molar refractivity (Wildman–Crippen MR) is 101 cm³/mol. The van der Waals surface area contributed by atoms with Crippen LogP contribution in [0.2, 0.25) is 0 Å². The molecule has 0 aliphatic rings. The number of ether oxygens (including phenoxy) is 2. The maximum atomic E-state index is 12.3. The number of hydrogen-bond acceptors (Lipinski definition) is 3. The van der Waals surface area contributed by atoms with Crippen LogP contribution in [0.25, 0.3) is 11.3 Å². The lowest BCUT2D eigenvalue weighted by molar-refractivity contribution is 0.0540. The van der Waals surface area contributed by atoms with Crippen molar-refractivity contribution in [1.82, 2.24) is 4.57 Å². The Morgan fingerprint density at radius 1 is 1.04 bits per heavy atom. The second kappa shape index (κ2) is 8.75. The van der Waals surface area contributed by atoms with E-state index in [1.807, 2.05) is 57.2 Å². The van der Waals surface area contributed by atoms with Gasteiger partial charge in [-0.1, -0.05) is 26.2 Å². The Morgan fingerprint density at radius 3 is 2.40 bits per heavy atom. The minimum atomic E-state index is -0.520. The molecule has 0 amide bonds. The molecule has 136 valence electrons. The topological polar surface area (TPSA) is 40.5 Å². The van der Waals surface area contributed by atoms with E-state index in [2.05, 4.69) is 6.92 Å². The zero-order valence-corrected chi connectivity index (χ0v) is 15.7. The summed E-state index contributed by atoms with van der Waals surface area (Å²) in [5.74, 6) is 0.857. The van der Waals surface area contributed by atoms with Crippen LogP contribution in [0.15, 0.2) is 42.6 Å². The molecule has 0 fully saturated rings. The minimum absolute atomic E-state index is 0.372. The number of aromatic nitrogens is 1. The van der Waals surface area contributed by atoms with Crippen molar-refractivity contribution in [3.05, 3.63) is 42.6 Å². The lowest BCUT2D eigenvalue weighted by Gasteiger charge is -2.20. The molecule has 0 aliphatic heterocycles. The fourth-order valence-corrected chi connectivity index (χ4v) is 2.53. The van der Waals surface area contributed by atoms with Crippen LogP contribution in [0.5, 0.6) is 5.75 Å². The summed E-state index contributed by atoms with van der Waals surface area (Å²) >= 11 is 0. The van der Waals surface area contributed by atoms with E-state index in [-0.39, 0.29) is 6.09 Å². The molecule has 4 heteroatoms. The summed E-state index contributed by atoms with van der Waals surface area (Å²) in [6, 6.07) is 11.6. The number of rotatable bonds is 7. The second-order valence-corrected chi connectivity index (χ2v) is 7.18. The number of carbonyl (C=O) groups excluding carboxylic acids is 1. The highest BCUT2D eigenvalue weighted by atomic mass is 16.6. The van der Waals surface area contributed by atoms with E-state index in [0.717, 1.165) is 30.0 Å². The molecule has 0 spiro atoms. The highest BCUT2D eigenvalue weighted by Crippen LogP contribution is 2.24. The Kier molecular flexibility index (Phi) is 6.68. The van der Waals surface area contributed by atoms with Crippen molar-refractivity contribution >= 4 is 6.09 Å². The predicted octanol–water partition coefficient (Wildman–Crippen LogP) is 5.90. The maximum absolute atomic E-state index is 12.3. The molecule has 0 saturated heterocycles. The summed E-state index contributed by atoms with van der Waals surface area (Å²) in [4.78, 5) is 12.3. The smallest absolute Gasteiger partial charge is 0.418 e. The summed E-state index contributed by atoms with van der Waals surface area (Å²) in [7, 11) is 0. The van der Waals surface area contributed by atoms with Gasteiger partial charge in [-0.05, 0) is 69.2 Å². The molecule has 0 unspecified atom stereocenters. The van der Waals surface area contributed by atoms with E-state index in [1.54, 1.807) is 6.20 Å². The van der Waals surface area contributed by atoms with Crippen molar-refractivity contribution in [1.29, 1.82) is 0 Å². The van der Waals surface area contributed by atoms with Gasteiger partial charge < -0.3 is 9.47 Å². The van der Waals surface area contributed by atoms with Gasteiger partial charge >= 0.3 is 6.09 Å². The van der Waals surface area contributed by atoms with Gasteiger partial charge in [-0.25, -0.2) is 4.79 Å². The highest BCUT2D eigenvalue weighted by molar-refractivity contribution is 5.78. The third-order valence-corrected chi connectivity index (χ3v) is 3.76. The summed E-state index contributed by atoms with van der Waals surface area (Å²) in [6.45, 7) is 8.53. The third-order valence-electron chi connectivity index (χ3n) is 3.76. The van der Waals surface area contributed by atoms with E-state index in [4.69, 9.17) is 9.47 Å². The molecule has 1 heterocycles. The molecule has 4 nitrogen and oxygen atoms in total. The van der Waals surface area contributed by atoms with Crippen LogP contribution in [0.4, 0.5) is 4.79 Å². The molecule has 0 radical (unpaired) electrons. The monoisotopic (exact) mass is 343 g/mol. The molecular weight excluding hydrogens is 314 g/mol. The standard InChI is InChI=1S/C21H29NO3/c1-5-6-7-8-16-24-18-13-11-17(12-14-18)19-10-9-15-22(19)20(23)25-21(2,3)4/h9-15H,5-8,16H2,1-4H3. The Labute approximate surface area is 150 Å². The van der Waals surface area contributed by atoms with Gasteiger partial charge in [0.25, 0.3) is 0 Å². The van der Waals surface area contributed by atoms with E-state index in [0.29, 0.717) is 0 Å². The van der Waals surface area contributed by atoms with Gasteiger partial charge in [-0.2, -0.15) is 0 Å². The lowest BCUT2D eigenvalue weighted by Crippen LogP contribution is -2.27. The van der Waals surface area contributed by atoms with Crippen LogP contribution in [-0.4, -0.2) is 22.9 Å². The van der Waals surface area contributed by atoms with Crippen molar-refractivity contribution in [2.24, 2.45) is 0 Å². The first-order chi connectivity index (χ1) is 11.9. The van der Waals surface area contributed by atoms with Gasteiger partial charge in [0.15, 0.2) is 0 Å². The van der Waals surface area contributed by atoms with Crippen LogP contribution >= 0.6 is 0 Å². The van der Waals surface area contributed by atoms with E-state index in [1.165, 1.54) is 23.8 Å². The second-order valence-electron chi connectivity index (χ2n) is 7.18. The van der Waals surface area contributed by atoms with Crippen LogP contribution in [0.1, 0.15) is 53.4 Å². The van der Waals surface area contributed by atoms with Gasteiger partial charge in [0.05, 0.1) is 12.3 Å². The van der Waals surface area contributed by atoms with Gasteiger partial charge in [0, 0.05) is 6.20 Å². The Balaban J connectivity index is 2.01. The van der Waals surface area contributed by atoms with Crippen molar-refractivity contribution in [3.8, 4) is 17.0 Å². The molecular formula is C21H29NO3. The fraction of sp³-hybridized carbons (Fsp3) is 0.476. The number of unbranched alkanes of at least 4 members (excludes halogenated alkanes) is 3. The average molecular weight is 343 g/mol. The highest BCUT2D eigenvalue weighted by Gasteiger charge is 2.19. The zero-order chi connectivity index (χ0) is 18.3. The molecule has 1 aromatic carbocycles. The first-order valence-corrected chi connectivity index (χ1v) is 9.04. The molecule has 2 aromatic rings. The largest absolute Gasteiger partial charge is 0.494 e. The molecule has 0 N–H and O–H groups in total. The Hall–Kier alpha value is -2.23. The molecule has 1 aromatic heterocycles. The zero-order valence-electron chi connectivity index (χ0n) is 15.7. The molecule has 0 atom stereocenters. The van der Waals surface area contributed by atoms with Gasteiger partial charge in [-0.15, -0.1) is 0 Å². The lowest BCUT2D eigenvalue weighted by atomic mass is 10.1. The van der Waals surface area contributed by atoms with Gasteiger partial charge in [0.2, 0.25) is 0 Å². The summed E-state index contributed by atoms with van der Waals surface area (Å²) < 4.78 is 12.8. The van der Waals surface area contributed by atoms with E-state index < -0.39 is 5.60 Å². The van der Waals surface area contributed by atoms with Crippen molar-refractivity contribution in [2.45, 2.75) is 59.0 Å². The number of benzene rings is 1. The number of hydrogen-bond donors (Lipinski definition) is 0. The normalized spacial score (nSPS) is 11.4. The summed E-state index contributed by atoms with van der Waals surface area (Å²) in [5.41, 5.74) is 1.24. The van der Waals surface area contributed by atoms with E-state index in [9.17, 15) is 4.79 Å².